The van der Waals surface area contributed by atoms with Gasteiger partial charge in [-0.2, -0.15) is 0 Å². The second kappa shape index (κ2) is 26.0. The molecular formula is C54H60F2I3N8O6V. The van der Waals surface area contributed by atoms with Crippen LogP contribution in [0.4, 0.5) is 8.78 Å². The molecule has 11 rings (SSSR count). The van der Waals surface area contributed by atoms with Crippen molar-refractivity contribution in [1.82, 2.24) is 39.0 Å². The van der Waals surface area contributed by atoms with E-state index in [0.29, 0.717) is 66.7 Å². The summed E-state index contributed by atoms with van der Waals surface area (Å²) in [7, 11) is 0. The van der Waals surface area contributed by atoms with Gasteiger partial charge in [0.25, 0.3) is 11.1 Å². The van der Waals surface area contributed by atoms with Gasteiger partial charge < -0.3 is 28.7 Å². The van der Waals surface area contributed by atoms with Gasteiger partial charge in [0.2, 0.25) is 0 Å². The van der Waals surface area contributed by atoms with Gasteiger partial charge in [0.1, 0.15) is 30.2 Å². The Hall–Kier alpha value is -3.85. The van der Waals surface area contributed by atoms with Crippen molar-refractivity contribution in [3.8, 4) is 5.75 Å². The first kappa shape index (κ1) is 56.4. The Morgan fingerprint density at radius 3 is 1.78 bits per heavy atom. The summed E-state index contributed by atoms with van der Waals surface area (Å²) in [6.07, 6.45) is 7.64. The number of nitrogens with zero attached hydrogens (tertiary/aromatic N) is 8. The van der Waals surface area contributed by atoms with Crippen molar-refractivity contribution >= 4 is 87.5 Å². The second-order valence-electron chi connectivity index (χ2n) is 18.8. The fraction of sp³-hybridized carbons (Fsp3) is 0.407. The summed E-state index contributed by atoms with van der Waals surface area (Å²) in [5.41, 5.74) is 7.32. The number of aryl methyl sites for hydroxylation is 2. The Labute approximate surface area is 466 Å². The van der Waals surface area contributed by atoms with Gasteiger partial charge >= 0.3 is 64.9 Å². The van der Waals surface area contributed by atoms with Crippen LogP contribution in [0.15, 0.2) is 104 Å². The molecule has 2 saturated heterocycles. The molecule has 3 aliphatic heterocycles. The molecule has 3 aromatic carbocycles. The zero-order valence-electron chi connectivity index (χ0n) is 40.5. The van der Waals surface area contributed by atoms with Crippen LogP contribution in [0.5, 0.6) is 5.75 Å². The number of rotatable bonds is 11. The Balaban J connectivity index is 0.000000185. The van der Waals surface area contributed by atoms with E-state index in [1.165, 1.54) is 24.3 Å². The first-order chi connectivity index (χ1) is 35.3. The molecule has 8 aromatic rings. The number of piperidine rings is 2. The summed E-state index contributed by atoms with van der Waals surface area (Å²) >= 11 is 7.39. The zero-order valence-corrected chi connectivity index (χ0v) is 48.4. The number of aromatic nitrogens is 6. The molecule has 0 saturated carbocycles. The Bertz CT molecular complexity index is 3300. The summed E-state index contributed by atoms with van der Waals surface area (Å²) < 4.78 is 46.9. The number of ether oxygens (including phenoxy) is 1. The van der Waals surface area contributed by atoms with Gasteiger partial charge in [-0.25, -0.2) is 18.7 Å². The second-order valence-corrected chi connectivity index (χ2v) is 54.2. The average Bonchev–Trinajstić information content (AvgIpc) is 4.01. The molecule has 2 fully saturated rings. The van der Waals surface area contributed by atoms with Gasteiger partial charge in [0, 0.05) is 83.1 Å². The van der Waals surface area contributed by atoms with E-state index in [1.807, 2.05) is 56.3 Å². The van der Waals surface area contributed by atoms with E-state index in [4.69, 9.17) is 18.8 Å². The zero-order chi connectivity index (χ0) is 51.2. The standard InChI is InChI=1S/C30H29FN4O3.C23H27FN4O3.CH4.3HI.V/c1-20-24(30(36)35-14-5-8-26(29(35)32-20)37-19-21-6-3-2-4-7-21)13-17-34-15-11-22(12-16-34)28-25-10-9-23(31)18-27(25)38-33-28;1-14-17(23(30)28-9-2-3-19(29)22(28)25-14)8-12-27-10-6-15(7-11-27)21-18-5-4-16(24)13-20(18)31-26-21;;;;;/h2-10,14,18,22H,11-13,15-17,19H2,1H3;4-5,13,15,19,29H,2-3,6-12H2,1H3;1H4;3*1H;/q;;;;;;+3/p-3. The number of aliphatic hydroxyl groups excluding tert-OH is 1. The van der Waals surface area contributed by atoms with E-state index >= 15 is 0 Å². The van der Waals surface area contributed by atoms with Gasteiger partial charge in [-0.05, 0) is 133 Å². The molecule has 0 radical (unpaired) electrons. The molecule has 14 nitrogen and oxygen atoms in total. The number of likely N-dealkylation sites (tertiary alicyclic amines) is 2. The normalized spacial score (nSPS) is 16.6. The van der Waals surface area contributed by atoms with Crippen LogP contribution < -0.4 is 15.9 Å². The maximum absolute atomic E-state index is 13.5. The van der Waals surface area contributed by atoms with E-state index < -0.39 is 6.10 Å². The van der Waals surface area contributed by atoms with Crippen molar-refractivity contribution in [2.75, 3.05) is 39.3 Å². The van der Waals surface area contributed by atoms with E-state index in [9.17, 15) is 23.5 Å². The molecule has 1 unspecified atom stereocenters. The molecule has 0 spiro atoms. The van der Waals surface area contributed by atoms with Crippen molar-refractivity contribution in [1.29, 1.82) is 0 Å². The molecule has 0 amide bonds. The third-order valence-corrected chi connectivity index (χ3v) is 14.2. The molecule has 20 heteroatoms. The Morgan fingerprint density at radius 1 is 0.703 bits per heavy atom. The molecule has 0 bridgehead atoms. The van der Waals surface area contributed by atoms with Crippen LogP contribution in [0.25, 0.3) is 27.6 Å². The summed E-state index contributed by atoms with van der Waals surface area (Å²) in [5.74, 6) is 1.04. The van der Waals surface area contributed by atoms with Crippen LogP contribution in [0.1, 0.15) is 109 Å². The van der Waals surface area contributed by atoms with Crippen molar-refractivity contribution in [2.45, 2.75) is 104 Å². The molecule has 1 N–H and O–H groups in total. The minimum absolute atomic E-state index is 0. The van der Waals surface area contributed by atoms with Crippen molar-refractivity contribution in [2.24, 2.45) is 0 Å². The molecule has 74 heavy (non-hydrogen) atoms. The predicted molar refractivity (Wildman–Crippen MR) is 305 cm³/mol. The third kappa shape index (κ3) is 13.5. The fourth-order valence-electron chi connectivity index (χ4n) is 10.3. The van der Waals surface area contributed by atoms with Gasteiger partial charge in [0.15, 0.2) is 22.6 Å². The quantitative estimate of drug-likeness (QED) is 0.122. The van der Waals surface area contributed by atoms with Gasteiger partial charge in [-0.1, -0.05) is 48.1 Å². The van der Waals surface area contributed by atoms with E-state index in [0.717, 1.165) is 122 Å². The number of hydrogen-bond acceptors (Lipinski definition) is 12. The molecule has 392 valence electrons. The van der Waals surface area contributed by atoms with Gasteiger partial charge in [-0.3, -0.25) is 18.6 Å². The topological polar surface area (TPSA) is 157 Å². The molecular weight excluding hydrogens is 1330 g/mol. The van der Waals surface area contributed by atoms with Crippen LogP contribution in [0, 0.1) is 25.5 Å². The minimum atomic E-state index is -0.641. The number of aliphatic hydroxyl groups is 1. The Kier molecular flexibility index (Phi) is 19.8. The summed E-state index contributed by atoms with van der Waals surface area (Å²) in [6, 6.07) is 22.8. The van der Waals surface area contributed by atoms with Crippen molar-refractivity contribution in [3.63, 3.8) is 0 Å². The van der Waals surface area contributed by atoms with Crippen LogP contribution >= 0.6 is 59.9 Å². The van der Waals surface area contributed by atoms with Crippen LogP contribution in [0.3, 0.4) is 0 Å². The third-order valence-electron chi connectivity index (χ3n) is 14.2. The fourth-order valence-corrected chi connectivity index (χ4v) is 10.3. The van der Waals surface area contributed by atoms with Crippen molar-refractivity contribution in [3.05, 3.63) is 163 Å². The van der Waals surface area contributed by atoms with Gasteiger partial charge in [0.05, 0.1) is 11.4 Å². The van der Waals surface area contributed by atoms with E-state index in [-0.39, 0.29) is 41.0 Å². The number of hydrogen-bond donors (Lipinski definition) is 1. The number of fused-ring (bicyclic) bond motifs is 4. The summed E-state index contributed by atoms with van der Waals surface area (Å²) in [4.78, 5) is 40.2. The van der Waals surface area contributed by atoms with Crippen LogP contribution in [0.2, 0.25) is 0 Å². The van der Waals surface area contributed by atoms with Crippen LogP contribution in [-0.4, -0.2) is 83.4 Å². The molecule has 8 heterocycles. The first-order valence-corrected chi connectivity index (χ1v) is 38.1. The SMILES string of the molecule is C.Cc1nc2c(OCc3ccccc3)cccn2c(=O)c1CCN1CCC(c2noc3cc(F)ccc23)CC1.Cc1nc2n(c(=O)c1CCN1CCC(c3noc4cc(F)ccc34)CC1)CCCC2O.[I][V]([I])[I]. The van der Waals surface area contributed by atoms with E-state index in [2.05, 4.69) is 85.0 Å². The monoisotopic (exact) mass is 1390 g/mol. The average molecular weight is 1390 g/mol. The van der Waals surface area contributed by atoms with Gasteiger partial charge in [-0.15, -0.1) is 0 Å². The molecule has 5 aromatic heterocycles. The predicted octanol–water partition coefficient (Wildman–Crippen LogP) is 11.7. The maximum atomic E-state index is 13.5. The molecule has 0 aliphatic carbocycles. The van der Waals surface area contributed by atoms with E-state index in [1.54, 1.807) is 27.3 Å². The first-order valence-electron chi connectivity index (χ1n) is 24.6. The van der Waals surface area contributed by atoms with Crippen LogP contribution in [-0.2, 0) is 30.9 Å². The number of pyridine rings is 1. The number of halogens is 5. The number of benzene rings is 3. The van der Waals surface area contributed by atoms with Crippen molar-refractivity contribution < 1.29 is 32.6 Å². The molecule has 3 aliphatic rings. The summed E-state index contributed by atoms with van der Waals surface area (Å²) in [6.45, 7) is 10.0. The summed E-state index contributed by atoms with van der Waals surface area (Å²) in [5, 5.41) is 20.4. The molecule has 1 atom stereocenters. The Morgan fingerprint density at radius 2 is 1.23 bits per heavy atom.